The highest BCUT2D eigenvalue weighted by Crippen LogP contribution is 2.40. The van der Waals surface area contributed by atoms with E-state index in [1.165, 1.54) is 23.9 Å². The number of fused-ring (bicyclic) bond motifs is 3. The average Bonchev–Trinajstić information content (AvgIpc) is 3.00. The van der Waals surface area contributed by atoms with Crippen molar-refractivity contribution in [3.8, 4) is 22.9 Å². The molecule has 0 aliphatic carbocycles. The van der Waals surface area contributed by atoms with E-state index in [0.29, 0.717) is 27.9 Å². The number of nitrogens with zero attached hydrogens (tertiary/aromatic N) is 4. The van der Waals surface area contributed by atoms with Crippen LogP contribution in [0.15, 0.2) is 78.0 Å². The molecule has 1 aromatic heterocycles. The van der Waals surface area contributed by atoms with E-state index in [1.54, 1.807) is 0 Å². The third-order valence-corrected chi connectivity index (χ3v) is 5.94. The molecule has 0 fully saturated rings. The van der Waals surface area contributed by atoms with Gasteiger partial charge in [0.1, 0.15) is 0 Å². The minimum Gasteiger partial charge on any atom is -0.868 e. The lowest BCUT2D eigenvalue weighted by Crippen LogP contribution is -2.17. The standard InChI is InChI=1S/C23H17N5O4S/c29-19-11-10-15(12-18(19)28(30)31)21-24-17-9-5-4-8-16(17)20-22(32-21)25-23(27-26-20)33-13-14-6-2-1-3-7-14/h1-12,21,24,29H,13H2/p-1/t21-/m1/s1. The zero-order chi connectivity index (χ0) is 22.8. The molecule has 2 heterocycles. The first-order valence-electron chi connectivity index (χ1n) is 9.98. The van der Waals surface area contributed by atoms with Gasteiger partial charge in [-0.25, -0.2) is 0 Å². The van der Waals surface area contributed by atoms with Crippen LogP contribution in [0.25, 0.3) is 11.3 Å². The highest BCUT2D eigenvalue weighted by molar-refractivity contribution is 7.98. The van der Waals surface area contributed by atoms with E-state index in [1.807, 2.05) is 54.6 Å². The van der Waals surface area contributed by atoms with Gasteiger partial charge in [-0.2, -0.15) is 4.98 Å². The van der Waals surface area contributed by atoms with E-state index in [0.717, 1.165) is 17.2 Å². The fourth-order valence-electron chi connectivity index (χ4n) is 3.42. The number of nitrogens with one attached hydrogen (secondary N) is 1. The molecule has 3 aromatic carbocycles. The normalized spacial score (nSPS) is 14.2. The smallest absolute Gasteiger partial charge is 0.262 e. The highest BCUT2D eigenvalue weighted by Gasteiger charge is 2.27. The number of aromatic nitrogens is 3. The Bertz CT molecular complexity index is 1340. The molecule has 0 spiro atoms. The summed E-state index contributed by atoms with van der Waals surface area (Å²) in [7, 11) is 0. The van der Waals surface area contributed by atoms with E-state index in [2.05, 4.69) is 20.5 Å². The largest absolute Gasteiger partial charge is 0.868 e. The molecule has 1 N–H and O–H groups in total. The number of thioether (sulfide) groups is 1. The molecule has 33 heavy (non-hydrogen) atoms. The van der Waals surface area contributed by atoms with Crippen LogP contribution in [-0.2, 0) is 5.75 Å². The third-order valence-electron chi connectivity index (χ3n) is 5.03. The Balaban J connectivity index is 1.52. The summed E-state index contributed by atoms with van der Waals surface area (Å²) in [4.78, 5) is 15.1. The number of nitro groups is 1. The van der Waals surface area contributed by atoms with E-state index in [4.69, 9.17) is 4.74 Å². The molecule has 164 valence electrons. The molecule has 0 bridgehead atoms. The van der Waals surface area contributed by atoms with Crippen LogP contribution >= 0.6 is 11.8 Å². The molecule has 1 aliphatic heterocycles. The quantitative estimate of drug-likeness (QED) is 0.264. The van der Waals surface area contributed by atoms with Gasteiger partial charge in [0.05, 0.1) is 4.92 Å². The van der Waals surface area contributed by atoms with Gasteiger partial charge >= 0.3 is 0 Å². The number of anilines is 1. The van der Waals surface area contributed by atoms with Crippen molar-refractivity contribution in [3.05, 3.63) is 94.0 Å². The Morgan fingerprint density at radius 3 is 2.64 bits per heavy atom. The Kier molecular flexibility index (Phi) is 5.49. The van der Waals surface area contributed by atoms with Gasteiger partial charge in [0.15, 0.2) is 11.9 Å². The van der Waals surface area contributed by atoms with Crippen LogP contribution < -0.4 is 15.2 Å². The average molecular weight is 458 g/mol. The molecule has 10 heteroatoms. The Labute approximate surface area is 192 Å². The van der Waals surface area contributed by atoms with Gasteiger partial charge in [-0.1, -0.05) is 72.4 Å². The van der Waals surface area contributed by atoms with Crippen molar-refractivity contribution in [3.63, 3.8) is 0 Å². The van der Waals surface area contributed by atoms with Gasteiger partial charge in [-0.15, -0.1) is 10.2 Å². The molecule has 4 aromatic rings. The maximum Gasteiger partial charge on any atom is 0.262 e. The van der Waals surface area contributed by atoms with Crippen molar-refractivity contribution in [2.75, 3.05) is 5.32 Å². The van der Waals surface area contributed by atoms with Crippen LogP contribution in [0.5, 0.6) is 11.6 Å². The van der Waals surface area contributed by atoms with Crippen molar-refractivity contribution in [2.45, 2.75) is 17.1 Å². The summed E-state index contributed by atoms with van der Waals surface area (Å²) in [5.41, 5.74) is 2.92. The van der Waals surface area contributed by atoms with Crippen molar-refractivity contribution in [1.82, 2.24) is 15.2 Å². The van der Waals surface area contributed by atoms with Gasteiger partial charge in [-0.05, 0) is 17.4 Å². The second-order valence-electron chi connectivity index (χ2n) is 7.19. The van der Waals surface area contributed by atoms with E-state index in [-0.39, 0.29) is 5.88 Å². The first-order valence-corrected chi connectivity index (χ1v) is 11.0. The van der Waals surface area contributed by atoms with Gasteiger partial charge in [0.2, 0.25) is 11.0 Å². The predicted octanol–water partition coefficient (Wildman–Crippen LogP) is 4.32. The first-order chi connectivity index (χ1) is 16.1. The van der Waals surface area contributed by atoms with Crippen molar-refractivity contribution >= 4 is 23.1 Å². The fraction of sp³-hybridized carbons (Fsp3) is 0.0870. The SMILES string of the molecule is O=[N+]([O-])c1cc([C@@H]2Nc3ccccc3-c3nnc(SCc4ccccc4)nc3O2)ccc1[O-]. The number of rotatable bonds is 5. The summed E-state index contributed by atoms with van der Waals surface area (Å²) >= 11 is 1.42. The summed E-state index contributed by atoms with van der Waals surface area (Å²) in [6.07, 6.45) is -0.824. The maximum absolute atomic E-state index is 11.9. The van der Waals surface area contributed by atoms with Crippen LogP contribution in [0.1, 0.15) is 17.4 Å². The van der Waals surface area contributed by atoms with Gasteiger partial charge in [0, 0.05) is 28.6 Å². The lowest BCUT2D eigenvalue weighted by molar-refractivity contribution is -0.398. The Morgan fingerprint density at radius 1 is 1.03 bits per heavy atom. The van der Waals surface area contributed by atoms with Crippen LogP contribution in [0.4, 0.5) is 11.4 Å². The molecule has 1 aliphatic rings. The number of hydrogen-bond donors (Lipinski definition) is 1. The molecule has 0 amide bonds. The molecular formula is C23H16N5O4S-. The van der Waals surface area contributed by atoms with Gasteiger partial charge in [0.25, 0.3) is 5.69 Å². The summed E-state index contributed by atoms with van der Waals surface area (Å²) in [5, 5.41) is 35.4. The Morgan fingerprint density at radius 2 is 1.82 bits per heavy atom. The van der Waals surface area contributed by atoms with E-state index in [9.17, 15) is 15.2 Å². The van der Waals surface area contributed by atoms with Crippen LogP contribution in [0.2, 0.25) is 0 Å². The Hall–Kier alpha value is -4.18. The maximum atomic E-state index is 11.9. The molecular weight excluding hydrogens is 442 g/mol. The number of para-hydroxylation sites is 1. The molecule has 0 unspecified atom stereocenters. The van der Waals surface area contributed by atoms with Crippen LogP contribution in [-0.4, -0.2) is 20.1 Å². The number of benzene rings is 3. The highest BCUT2D eigenvalue weighted by atomic mass is 32.2. The van der Waals surface area contributed by atoms with Crippen molar-refractivity contribution in [2.24, 2.45) is 0 Å². The lowest BCUT2D eigenvalue weighted by Gasteiger charge is -2.20. The summed E-state index contributed by atoms with van der Waals surface area (Å²) in [6.45, 7) is 0. The minimum absolute atomic E-state index is 0.247. The lowest BCUT2D eigenvalue weighted by atomic mass is 10.1. The number of nitro benzene ring substituents is 1. The monoisotopic (exact) mass is 458 g/mol. The molecule has 0 saturated carbocycles. The molecule has 9 nitrogen and oxygen atoms in total. The van der Waals surface area contributed by atoms with E-state index < -0.39 is 22.6 Å². The zero-order valence-corrected chi connectivity index (χ0v) is 17.9. The second kappa shape index (κ2) is 8.75. The number of hydrogen-bond acceptors (Lipinski definition) is 9. The topological polar surface area (TPSA) is 126 Å². The molecule has 0 radical (unpaired) electrons. The third kappa shape index (κ3) is 4.28. The molecule has 0 saturated heterocycles. The summed E-state index contributed by atoms with van der Waals surface area (Å²) in [5.74, 6) is 0.245. The first kappa shape index (κ1) is 20.7. The van der Waals surface area contributed by atoms with Crippen molar-refractivity contribution < 1.29 is 14.8 Å². The second-order valence-corrected chi connectivity index (χ2v) is 8.14. The van der Waals surface area contributed by atoms with Crippen LogP contribution in [0.3, 0.4) is 0 Å². The molecule has 1 atom stereocenters. The fourth-order valence-corrected chi connectivity index (χ4v) is 4.16. The summed E-state index contributed by atoms with van der Waals surface area (Å²) in [6, 6.07) is 21.2. The molecule has 5 rings (SSSR count). The van der Waals surface area contributed by atoms with Crippen molar-refractivity contribution in [1.29, 1.82) is 0 Å². The minimum atomic E-state index is -0.824. The van der Waals surface area contributed by atoms with E-state index >= 15 is 0 Å². The predicted molar refractivity (Wildman–Crippen MR) is 121 cm³/mol. The van der Waals surface area contributed by atoms with Gasteiger partial charge in [-0.3, -0.25) is 10.1 Å². The zero-order valence-electron chi connectivity index (χ0n) is 17.0. The number of ether oxygens (including phenoxy) is 1. The summed E-state index contributed by atoms with van der Waals surface area (Å²) < 4.78 is 6.13. The van der Waals surface area contributed by atoms with Gasteiger partial charge < -0.3 is 15.2 Å². The van der Waals surface area contributed by atoms with Crippen LogP contribution in [0, 0.1) is 10.1 Å².